The summed E-state index contributed by atoms with van der Waals surface area (Å²) >= 11 is 0. The summed E-state index contributed by atoms with van der Waals surface area (Å²) in [5, 5.41) is 11.6. The lowest BCUT2D eigenvalue weighted by Gasteiger charge is -1.98. The molecular formula is C8H13N3O5S. The Morgan fingerprint density at radius 3 is 2.06 bits per heavy atom. The van der Waals surface area contributed by atoms with Gasteiger partial charge in [-0.05, 0) is 24.3 Å². The van der Waals surface area contributed by atoms with Crippen LogP contribution in [-0.4, -0.2) is 35.6 Å². The third-order valence-corrected chi connectivity index (χ3v) is 1.36. The second kappa shape index (κ2) is 6.68. The number of nitrogens with one attached hydrogen (secondary N) is 1. The van der Waals surface area contributed by atoms with Crippen LogP contribution in [0.4, 0.5) is 5.69 Å². The lowest BCUT2D eigenvalue weighted by Crippen LogP contribution is -2.27. The third-order valence-electron chi connectivity index (χ3n) is 1.36. The van der Waals surface area contributed by atoms with E-state index < -0.39 is 10.4 Å². The van der Waals surface area contributed by atoms with E-state index in [-0.39, 0.29) is 5.75 Å². The van der Waals surface area contributed by atoms with Gasteiger partial charge in [0, 0.05) is 7.05 Å². The van der Waals surface area contributed by atoms with Gasteiger partial charge in [-0.25, -0.2) is 4.99 Å². The third kappa shape index (κ3) is 10.4. The van der Waals surface area contributed by atoms with E-state index in [4.69, 9.17) is 28.4 Å². The molecule has 0 bridgehead atoms. The predicted octanol–water partition coefficient (Wildman–Crippen LogP) is -0.0950. The molecule has 0 aromatic heterocycles. The van der Waals surface area contributed by atoms with E-state index in [1.165, 1.54) is 0 Å². The highest BCUT2D eigenvalue weighted by Gasteiger charge is 1.90. The number of nitrogens with zero attached hydrogens (tertiary/aromatic N) is 1. The molecule has 0 unspecified atom stereocenters. The van der Waals surface area contributed by atoms with Gasteiger partial charge in [0.05, 0.1) is 5.69 Å². The first-order chi connectivity index (χ1) is 7.72. The van der Waals surface area contributed by atoms with Crippen LogP contribution in [-0.2, 0) is 10.4 Å². The van der Waals surface area contributed by atoms with Crippen LogP contribution in [0.5, 0.6) is 5.75 Å². The molecule has 0 spiro atoms. The molecule has 1 aromatic carbocycles. The zero-order valence-electron chi connectivity index (χ0n) is 8.90. The fourth-order valence-corrected chi connectivity index (χ4v) is 0.722. The van der Waals surface area contributed by atoms with Crippen molar-refractivity contribution in [1.29, 1.82) is 0 Å². The molecule has 0 aliphatic rings. The van der Waals surface area contributed by atoms with Gasteiger partial charge in [-0.2, -0.15) is 8.42 Å². The van der Waals surface area contributed by atoms with Gasteiger partial charge in [0.25, 0.3) is 0 Å². The van der Waals surface area contributed by atoms with Crippen LogP contribution in [0.25, 0.3) is 0 Å². The van der Waals surface area contributed by atoms with Crippen LogP contribution in [0.1, 0.15) is 0 Å². The Morgan fingerprint density at radius 2 is 1.71 bits per heavy atom. The van der Waals surface area contributed by atoms with Crippen molar-refractivity contribution in [2.45, 2.75) is 0 Å². The average Bonchev–Trinajstić information content (AvgIpc) is 2.19. The van der Waals surface area contributed by atoms with Crippen LogP contribution < -0.4 is 11.1 Å². The van der Waals surface area contributed by atoms with E-state index in [0.717, 1.165) is 0 Å². The van der Waals surface area contributed by atoms with Gasteiger partial charge < -0.3 is 16.2 Å². The van der Waals surface area contributed by atoms with E-state index in [0.29, 0.717) is 11.6 Å². The SMILES string of the molecule is CNC(N)=Nc1ccc(O)cc1.O=S(=O)(O)O. The highest BCUT2D eigenvalue weighted by Crippen LogP contribution is 2.15. The summed E-state index contributed by atoms with van der Waals surface area (Å²) in [7, 11) is -2.97. The summed E-state index contributed by atoms with van der Waals surface area (Å²) < 4.78 is 31.6. The molecule has 0 saturated carbocycles. The Balaban J connectivity index is 0.000000437. The molecule has 0 radical (unpaired) electrons. The van der Waals surface area contributed by atoms with E-state index in [1.807, 2.05) is 0 Å². The maximum atomic E-state index is 8.95. The molecule has 9 heteroatoms. The molecule has 96 valence electrons. The molecule has 0 amide bonds. The summed E-state index contributed by atoms with van der Waals surface area (Å²) in [6, 6.07) is 6.47. The van der Waals surface area contributed by atoms with Gasteiger partial charge in [0.1, 0.15) is 5.75 Å². The topological polar surface area (TPSA) is 145 Å². The second-order valence-corrected chi connectivity index (χ2v) is 3.61. The standard InChI is InChI=1S/C8H11N3O.H2O4S/c1-10-8(9)11-6-2-4-7(12)5-3-6;1-5(2,3)4/h2-5,12H,1H3,(H3,9,10,11);(H2,1,2,3,4). The molecular weight excluding hydrogens is 250 g/mol. The summed E-state index contributed by atoms with van der Waals surface area (Å²) in [5.41, 5.74) is 6.13. The van der Waals surface area contributed by atoms with Crippen molar-refractivity contribution in [3.05, 3.63) is 24.3 Å². The zero-order valence-corrected chi connectivity index (χ0v) is 9.72. The van der Waals surface area contributed by atoms with E-state index >= 15 is 0 Å². The minimum Gasteiger partial charge on any atom is -0.508 e. The van der Waals surface area contributed by atoms with Crippen LogP contribution >= 0.6 is 0 Å². The number of hydrogen-bond donors (Lipinski definition) is 5. The molecule has 0 fully saturated rings. The molecule has 0 aliphatic carbocycles. The Labute approximate surface area is 98.4 Å². The molecule has 0 saturated heterocycles. The first-order valence-electron chi connectivity index (χ1n) is 4.23. The smallest absolute Gasteiger partial charge is 0.394 e. The van der Waals surface area contributed by atoms with Crippen molar-refractivity contribution in [2.24, 2.45) is 10.7 Å². The van der Waals surface area contributed by atoms with Crippen LogP contribution in [0, 0.1) is 0 Å². The molecule has 1 aromatic rings. The summed E-state index contributed by atoms with van der Waals surface area (Å²) in [6.45, 7) is 0. The van der Waals surface area contributed by atoms with E-state index in [1.54, 1.807) is 31.3 Å². The van der Waals surface area contributed by atoms with Crippen LogP contribution in [0.2, 0.25) is 0 Å². The number of phenolic OH excluding ortho intramolecular Hbond substituents is 1. The molecule has 8 nitrogen and oxygen atoms in total. The van der Waals surface area contributed by atoms with Crippen molar-refractivity contribution in [3.63, 3.8) is 0 Å². The molecule has 0 atom stereocenters. The minimum atomic E-state index is -4.67. The van der Waals surface area contributed by atoms with Gasteiger partial charge in [-0.3, -0.25) is 9.11 Å². The fraction of sp³-hybridized carbons (Fsp3) is 0.125. The number of benzene rings is 1. The van der Waals surface area contributed by atoms with E-state index in [9.17, 15) is 0 Å². The molecule has 1 rings (SSSR count). The number of rotatable bonds is 1. The highest BCUT2D eigenvalue weighted by atomic mass is 32.3. The Hall–Kier alpha value is -1.84. The first-order valence-corrected chi connectivity index (χ1v) is 5.63. The number of nitrogens with two attached hydrogens (primary N) is 1. The van der Waals surface area contributed by atoms with Crippen molar-refractivity contribution in [3.8, 4) is 5.75 Å². The lowest BCUT2D eigenvalue weighted by atomic mass is 10.3. The van der Waals surface area contributed by atoms with E-state index in [2.05, 4.69) is 10.3 Å². The Morgan fingerprint density at radius 1 is 1.29 bits per heavy atom. The van der Waals surface area contributed by atoms with Gasteiger partial charge in [-0.15, -0.1) is 0 Å². The minimum absolute atomic E-state index is 0.219. The summed E-state index contributed by atoms with van der Waals surface area (Å²) in [5.74, 6) is 0.567. The average molecular weight is 263 g/mol. The van der Waals surface area contributed by atoms with Gasteiger partial charge >= 0.3 is 10.4 Å². The van der Waals surface area contributed by atoms with Crippen molar-refractivity contribution in [1.82, 2.24) is 5.32 Å². The highest BCUT2D eigenvalue weighted by molar-refractivity contribution is 7.79. The number of aromatic hydroxyl groups is 1. The zero-order chi connectivity index (χ0) is 13.5. The lowest BCUT2D eigenvalue weighted by molar-refractivity contribution is 0.381. The Bertz CT molecular complexity index is 460. The molecule has 6 N–H and O–H groups in total. The largest absolute Gasteiger partial charge is 0.508 e. The number of guanidine groups is 1. The van der Waals surface area contributed by atoms with Crippen LogP contribution in [0.15, 0.2) is 29.3 Å². The summed E-state index contributed by atoms with van der Waals surface area (Å²) in [4.78, 5) is 3.99. The number of aliphatic imine (C=N–C) groups is 1. The number of hydrogen-bond acceptors (Lipinski definition) is 4. The quantitative estimate of drug-likeness (QED) is 0.270. The monoisotopic (exact) mass is 263 g/mol. The van der Waals surface area contributed by atoms with Gasteiger partial charge in [0.15, 0.2) is 5.96 Å². The van der Waals surface area contributed by atoms with Crippen molar-refractivity contribution in [2.75, 3.05) is 7.05 Å². The fourth-order valence-electron chi connectivity index (χ4n) is 0.722. The summed E-state index contributed by atoms with van der Waals surface area (Å²) in [6.07, 6.45) is 0. The van der Waals surface area contributed by atoms with Crippen molar-refractivity contribution < 1.29 is 22.6 Å². The van der Waals surface area contributed by atoms with Crippen molar-refractivity contribution >= 4 is 22.0 Å². The molecule has 0 aliphatic heterocycles. The molecule has 0 heterocycles. The maximum Gasteiger partial charge on any atom is 0.394 e. The maximum absolute atomic E-state index is 8.95. The first kappa shape index (κ1) is 15.2. The molecule has 17 heavy (non-hydrogen) atoms. The van der Waals surface area contributed by atoms with Crippen LogP contribution in [0.3, 0.4) is 0 Å². The number of phenols is 1. The second-order valence-electron chi connectivity index (χ2n) is 2.71. The predicted molar refractivity (Wildman–Crippen MR) is 62.6 cm³/mol. The van der Waals surface area contributed by atoms with Gasteiger partial charge in [0.2, 0.25) is 0 Å². The van der Waals surface area contributed by atoms with Gasteiger partial charge in [-0.1, -0.05) is 0 Å². The Kier molecular flexibility index (Phi) is 5.96. The normalized spacial score (nSPS) is 11.4.